The van der Waals surface area contributed by atoms with Crippen molar-refractivity contribution >= 4 is 31.7 Å². The van der Waals surface area contributed by atoms with Gasteiger partial charge in [0.05, 0.1) is 10.6 Å². The SMILES string of the molecule is O=S(=O)(N/N=C1\CC(c2ccccc2)Oc2ccccc21)c1ccc(Br)cc1. The van der Waals surface area contributed by atoms with Crippen LogP contribution in [0.1, 0.15) is 23.7 Å². The number of fused-ring (bicyclic) bond motifs is 1. The quantitative estimate of drug-likeness (QED) is 0.580. The number of para-hydroxylation sites is 1. The molecule has 1 N–H and O–H groups in total. The Hall–Kier alpha value is -2.64. The Morgan fingerprint density at radius 3 is 2.36 bits per heavy atom. The highest BCUT2D eigenvalue weighted by molar-refractivity contribution is 9.10. The van der Waals surface area contributed by atoms with Crippen molar-refractivity contribution in [1.82, 2.24) is 4.83 Å². The predicted molar refractivity (Wildman–Crippen MR) is 112 cm³/mol. The van der Waals surface area contributed by atoms with Gasteiger partial charge in [-0.3, -0.25) is 0 Å². The lowest BCUT2D eigenvalue weighted by molar-refractivity contribution is 0.206. The van der Waals surface area contributed by atoms with Crippen LogP contribution < -0.4 is 9.57 Å². The van der Waals surface area contributed by atoms with Crippen molar-refractivity contribution in [2.75, 3.05) is 0 Å². The summed E-state index contributed by atoms with van der Waals surface area (Å²) in [5.74, 6) is 0.684. The number of rotatable bonds is 4. The van der Waals surface area contributed by atoms with Gasteiger partial charge in [-0.2, -0.15) is 18.4 Å². The number of nitrogens with one attached hydrogen (secondary N) is 1. The van der Waals surface area contributed by atoms with Crippen LogP contribution in [0.25, 0.3) is 0 Å². The maximum Gasteiger partial charge on any atom is 0.276 e. The highest BCUT2D eigenvalue weighted by Gasteiger charge is 2.26. The third-order valence-electron chi connectivity index (χ3n) is 4.44. The fourth-order valence-electron chi connectivity index (χ4n) is 3.03. The van der Waals surface area contributed by atoms with Crippen LogP contribution in [-0.2, 0) is 10.0 Å². The van der Waals surface area contributed by atoms with Crippen LogP contribution in [0, 0.1) is 0 Å². The number of halogens is 1. The lowest BCUT2D eigenvalue weighted by atomic mass is 9.96. The molecule has 0 aliphatic carbocycles. The smallest absolute Gasteiger partial charge is 0.276 e. The van der Waals surface area contributed by atoms with Gasteiger partial charge in [-0.1, -0.05) is 58.4 Å². The van der Waals surface area contributed by atoms with Crippen molar-refractivity contribution in [3.8, 4) is 5.75 Å². The monoisotopic (exact) mass is 456 g/mol. The van der Waals surface area contributed by atoms with Gasteiger partial charge in [0.1, 0.15) is 11.9 Å². The molecular weight excluding hydrogens is 440 g/mol. The minimum Gasteiger partial charge on any atom is -0.485 e. The van der Waals surface area contributed by atoms with E-state index in [0.717, 1.165) is 15.6 Å². The maximum absolute atomic E-state index is 12.6. The summed E-state index contributed by atoms with van der Waals surface area (Å²) in [6.45, 7) is 0. The van der Waals surface area contributed by atoms with Gasteiger partial charge in [0.2, 0.25) is 0 Å². The molecule has 142 valence electrons. The van der Waals surface area contributed by atoms with E-state index in [4.69, 9.17) is 4.74 Å². The highest BCUT2D eigenvalue weighted by atomic mass is 79.9. The molecule has 4 rings (SSSR count). The van der Waals surface area contributed by atoms with E-state index in [9.17, 15) is 8.42 Å². The summed E-state index contributed by atoms with van der Waals surface area (Å²) in [6, 6.07) is 23.7. The average molecular weight is 457 g/mol. The molecule has 0 amide bonds. The minimum atomic E-state index is -3.76. The van der Waals surface area contributed by atoms with Crippen molar-refractivity contribution < 1.29 is 13.2 Å². The number of ether oxygens (including phenoxy) is 1. The Balaban J connectivity index is 1.66. The molecule has 0 bridgehead atoms. The Kier molecular flexibility index (Phi) is 5.19. The third kappa shape index (κ3) is 3.95. The zero-order valence-electron chi connectivity index (χ0n) is 14.7. The van der Waals surface area contributed by atoms with Gasteiger partial charge >= 0.3 is 0 Å². The Labute approximate surface area is 172 Å². The van der Waals surface area contributed by atoms with E-state index in [2.05, 4.69) is 25.9 Å². The number of benzene rings is 3. The topological polar surface area (TPSA) is 67.8 Å². The molecule has 28 heavy (non-hydrogen) atoms. The molecule has 7 heteroatoms. The van der Waals surface area contributed by atoms with E-state index >= 15 is 0 Å². The van der Waals surface area contributed by atoms with Gasteiger partial charge in [-0.25, -0.2) is 0 Å². The van der Waals surface area contributed by atoms with Crippen LogP contribution in [0.5, 0.6) is 5.75 Å². The molecule has 0 spiro atoms. The van der Waals surface area contributed by atoms with Crippen molar-refractivity contribution in [1.29, 1.82) is 0 Å². The molecule has 5 nitrogen and oxygen atoms in total. The summed E-state index contributed by atoms with van der Waals surface area (Å²) in [5, 5.41) is 4.26. The molecule has 0 aromatic heterocycles. The van der Waals surface area contributed by atoms with Crippen LogP contribution in [0.4, 0.5) is 0 Å². The van der Waals surface area contributed by atoms with Gasteiger partial charge in [-0.15, -0.1) is 0 Å². The average Bonchev–Trinajstić information content (AvgIpc) is 2.73. The second-order valence-corrected chi connectivity index (χ2v) is 8.90. The largest absolute Gasteiger partial charge is 0.485 e. The standard InChI is InChI=1S/C21H17BrN2O3S/c22-16-10-12-17(13-11-16)28(25,26)24-23-19-14-21(15-6-2-1-3-7-15)27-20-9-5-4-8-18(19)20/h1-13,21,24H,14H2/b23-19+. The summed E-state index contributed by atoms with van der Waals surface area (Å²) in [6.07, 6.45) is 0.233. The number of hydrazone groups is 1. The second kappa shape index (κ2) is 7.77. The zero-order chi connectivity index (χ0) is 19.6. The van der Waals surface area contributed by atoms with Gasteiger partial charge in [0, 0.05) is 16.5 Å². The van der Waals surface area contributed by atoms with Crippen LogP contribution in [0.2, 0.25) is 0 Å². The number of sulfonamides is 1. The summed E-state index contributed by atoms with van der Waals surface area (Å²) >= 11 is 3.30. The van der Waals surface area contributed by atoms with Gasteiger partial charge < -0.3 is 4.74 Å². The summed E-state index contributed by atoms with van der Waals surface area (Å²) in [5.41, 5.74) is 2.44. The molecule has 0 radical (unpaired) electrons. The first-order chi connectivity index (χ1) is 13.5. The first-order valence-electron chi connectivity index (χ1n) is 8.68. The molecule has 0 saturated carbocycles. The Morgan fingerprint density at radius 1 is 0.929 bits per heavy atom. The van der Waals surface area contributed by atoms with Crippen LogP contribution >= 0.6 is 15.9 Å². The van der Waals surface area contributed by atoms with E-state index in [1.165, 1.54) is 12.1 Å². The number of nitrogens with zero attached hydrogens (tertiary/aromatic N) is 1. The summed E-state index contributed by atoms with van der Waals surface area (Å²) < 4.78 is 32.1. The van der Waals surface area contributed by atoms with E-state index in [0.29, 0.717) is 17.9 Å². The molecule has 1 unspecified atom stereocenters. The molecule has 1 aliphatic rings. The highest BCUT2D eigenvalue weighted by Crippen LogP contribution is 2.35. The first kappa shape index (κ1) is 18.7. The fourth-order valence-corrected chi connectivity index (χ4v) is 4.12. The van der Waals surface area contributed by atoms with Crippen molar-refractivity contribution in [3.05, 3.63) is 94.5 Å². The zero-order valence-corrected chi connectivity index (χ0v) is 17.2. The van der Waals surface area contributed by atoms with Crippen molar-refractivity contribution in [2.24, 2.45) is 5.10 Å². The second-order valence-electron chi connectivity index (χ2n) is 6.32. The summed E-state index contributed by atoms with van der Waals surface area (Å²) in [4.78, 5) is 2.52. The normalized spacial score (nSPS) is 17.6. The van der Waals surface area contributed by atoms with Crippen molar-refractivity contribution in [3.63, 3.8) is 0 Å². The lowest BCUT2D eigenvalue weighted by Gasteiger charge is -2.27. The predicted octanol–water partition coefficient (Wildman–Crippen LogP) is 4.66. The van der Waals surface area contributed by atoms with Gasteiger partial charge in [0.15, 0.2) is 0 Å². The molecular formula is C21H17BrN2O3S. The van der Waals surface area contributed by atoms with Gasteiger partial charge in [-0.05, 0) is 42.0 Å². The molecule has 1 heterocycles. The molecule has 3 aromatic carbocycles. The van der Waals surface area contributed by atoms with Gasteiger partial charge in [0.25, 0.3) is 10.0 Å². The van der Waals surface area contributed by atoms with Crippen LogP contribution in [0.3, 0.4) is 0 Å². The number of hydrogen-bond acceptors (Lipinski definition) is 4. The Bertz CT molecular complexity index is 1110. The molecule has 1 atom stereocenters. The molecule has 0 saturated heterocycles. The first-order valence-corrected chi connectivity index (χ1v) is 11.0. The van der Waals surface area contributed by atoms with Crippen LogP contribution in [-0.4, -0.2) is 14.1 Å². The van der Waals surface area contributed by atoms with Crippen molar-refractivity contribution in [2.45, 2.75) is 17.4 Å². The molecule has 1 aliphatic heterocycles. The lowest BCUT2D eigenvalue weighted by Crippen LogP contribution is -2.25. The van der Waals surface area contributed by atoms with E-state index in [-0.39, 0.29) is 11.0 Å². The number of hydrogen-bond donors (Lipinski definition) is 1. The van der Waals surface area contributed by atoms with E-state index in [1.807, 2.05) is 54.6 Å². The molecule has 3 aromatic rings. The summed E-state index contributed by atoms with van der Waals surface area (Å²) in [7, 11) is -3.76. The maximum atomic E-state index is 12.6. The molecule has 0 fully saturated rings. The fraction of sp³-hybridized carbons (Fsp3) is 0.0952. The van der Waals surface area contributed by atoms with Crippen LogP contribution in [0.15, 0.2) is 93.3 Å². The Morgan fingerprint density at radius 2 is 1.61 bits per heavy atom. The minimum absolute atomic E-state index is 0.153. The van der Waals surface area contributed by atoms with E-state index in [1.54, 1.807) is 12.1 Å². The third-order valence-corrected chi connectivity index (χ3v) is 6.20. The van der Waals surface area contributed by atoms with E-state index < -0.39 is 10.0 Å².